The minimum Gasteiger partial charge on any atom is -0.508 e. The lowest BCUT2D eigenvalue weighted by Gasteiger charge is -2.14. The number of nitrogens with zero attached hydrogens (tertiary/aromatic N) is 5. The number of hydrogen-bond donors (Lipinski definition) is 5. The van der Waals surface area contributed by atoms with Gasteiger partial charge >= 0.3 is 0 Å². The molecule has 9 rings (SSSR count). The highest BCUT2D eigenvalue weighted by Crippen LogP contribution is 2.69. The molecule has 0 aliphatic carbocycles. The molecule has 84 heavy (non-hydrogen) atoms. The van der Waals surface area contributed by atoms with E-state index in [9.17, 15) is 14.4 Å². The van der Waals surface area contributed by atoms with E-state index in [0.717, 1.165) is 65.7 Å². The van der Waals surface area contributed by atoms with Gasteiger partial charge in [0.05, 0.1) is 71.8 Å². The summed E-state index contributed by atoms with van der Waals surface area (Å²) >= 11 is 27.8. The summed E-state index contributed by atoms with van der Waals surface area (Å²) in [6, 6.07) is 16.3. The van der Waals surface area contributed by atoms with Gasteiger partial charge in [0, 0.05) is 75.1 Å². The first-order chi connectivity index (χ1) is 40.7. The Morgan fingerprint density at radius 3 is 1.55 bits per heavy atom. The number of amides is 3. The number of pyridine rings is 3. The van der Waals surface area contributed by atoms with Crippen LogP contribution in [-0.2, 0) is 112 Å². The molecule has 3 amide bonds. The molecule has 0 radical (unpaired) electrons. The van der Waals surface area contributed by atoms with Crippen LogP contribution in [0.3, 0.4) is 0 Å². The summed E-state index contributed by atoms with van der Waals surface area (Å²) in [5, 5.41) is 22.3. The molecule has 0 unspecified atom stereocenters. The van der Waals surface area contributed by atoms with Gasteiger partial charge in [-0.15, -0.1) is 0 Å². The van der Waals surface area contributed by atoms with Crippen LogP contribution in [-0.4, -0.2) is 107 Å². The second-order valence-electron chi connectivity index (χ2n) is 16.4. The van der Waals surface area contributed by atoms with Crippen LogP contribution in [0.4, 0.5) is 11.4 Å². The molecule has 3 fully saturated rings. The minimum absolute atomic E-state index is 0.0222. The van der Waals surface area contributed by atoms with E-state index in [0.29, 0.717) is 83.6 Å². The fraction of sp³-hybridized carbons (Fsp3) is 0.327. The summed E-state index contributed by atoms with van der Waals surface area (Å²) in [5.41, 5.74) is 7.35. The zero-order valence-electron chi connectivity index (χ0n) is 44.6. The van der Waals surface area contributed by atoms with Crippen LogP contribution in [0.1, 0.15) is 44.1 Å². The van der Waals surface area contributed by atoms with Gasteiger partial charge in [-0.2, -0.15) is 0 Å². The van der Waals surface area contributed by atoms with Gasteiger partial charge in [0.15, 0.2) is 0 Å². The van der Waals surface area contributed by atoms with E-state index in [1.54, 1.807) is 94.4 Å². The summed E-state index contributed by atoms with van der Waals surface area (Å²) in [5.74, 6) is 2.75. The standard InChI is InChI=1S/C16H17N3O3S.C16H15N3O3.C11H7ClN2O.C5H9NO2.CH3I.P4S10/c1-21-13-7-11-9(6-12(13)15(17)23)4-5-18-16(11)22-8-10-2-3-14(20)19-10;1-17-13-7-10-5-6-18-16(12(10)8-14(13)21-2)22-9-11-3-4-15(20)19-11;1-13-9-5-7-3-4-14-11(12)8(7)6-10(9)15-2;7-3-4-1-2-5(8)6-4;1-2;5-1-4(2-6)3-8-10-12-14-13-11-9-7/h4-7,10H,2-3,8H2,1H3,(H2,17,23)(H,19,20);5-8,11H,3-4,9H2,2H3,(H,19,20);3-6H,2H3;4,7H,1-3H2,(H,6,8);1H3;/t10-;11-;;4-;;/m00.0../s1. The van der Waals surface area contributed by atoms with Crippen molar-refractivity contribution in [2.75, 3.05) is 46.1 Å². The molecule has 18 nitrogen and oxygen atoms in total. The second-order valence-corrected chi connectivity index (χ2v) is 43.1. The zero-order chi connectivity index (χ0) is 61.4. The number of benzene rings is 3. The number of fused-ring (bicyclic) bond motifs is 3. The number of nitrogens with one attached hydrogen (secondary N) is 3. The third kappa shape index (κ3) is 24.0. The fourth-order valence-corrected chi connectivity index (χ4v) is 43.2. The maximum Gasteiger partial charge on any atom is 0.228 e. The molecular weight excluding hydrogens is 1500 g/mol. The smallest absolute Gasteiger partial charge is 0.228 e. The molecular formula is C49H51ClIN9O9P4S11. The van der Waals surface area contributed by atoms with Crippen molar-refractivity contribution in [2.24, 2.45) is 5.73 Å². The number of nitrogens with two attached hydrogens (primary N) is 1. The van der Waals surface area contributed by atoms with Crippen LogP contribution < -0.4 is 45.4 Å². The predicted molar refractivity (Wildman–Crippen MR) is 381 cm³/mol. The predicted octanol–water partition coefficient (Wildman–Crippen LogP) is 11.2. The molecule has 3 aliphatic heterocycles. The lowest BCUT2D eigenvalue weighted by atomic mass is 10.1. The van der Waals surface area contributed by atoms with E-state index in [-0.39, 0.29) is 54.4 Å². The highest BCUT2D eigenvalue weighted by atomic mass is 127. The number of hydrogen-bond acceptors (Lipinski definition) is 16. The number of carbonyl (C=O) groups excluding carboxylic acids is 3. The van der Waals surface area contributed by atoms with Crippen molar-refractivity contribution in [1.82, 2.24) is 30.9 Å². The Morgan fingerprint density at radius 1 is 0.702 bits per heavy atom. The van der Waals surface area contributed by atoms with Gasteiger partial charge in [0.1, 0.15) is 40.6 Å². The highest BCUT2D eigenvalue weighted by molar-refractivity contribution is 14.1. The number of methoxy groups -OCH3 is 3. The first kappa shape index (κ1) is 73.2. The number of carbonyl (C=O) groups is 3. The fourth-order valence-electron chi connectivity index (χ4n) is 7.51. The number of aromatic nitrogens is 3. The molecule has 0 spiro atoms. The van der Waals surface area contributed by atoms with Gasteiger partial charge in [-0.05, 0) is 169 Å². The first-order valence-electron chi connectivity index (χ1n) is 23.9. The Hall–Kier alpha value is -3.32. The topological polar surface area (TPSA) is 227 Å². The Bertz CT molecular complexity index is 3790. The maximum absolute atomic E-state index is 11.2. The average Bonchev–Trinajstić information content (AvgIpc) is 3.00. The van der Waals surface area contributed by atoms with E-state index >= 15 is 0 Å². The lowest BCUT2D eigenvalue weighted by Crippen LogP contribution is -2.31. The molecule has 6 heterocycles. The Balaban J connectivity index is 0.000000232. The van der Waals surface area contributed by atoms with Crippen molar-refractivity contribution >= 4 is 239 Å². The third-order valence-electron chi connectivity index (χ3n) is 11.3. The summed E-state index contributed by atoms with van der Waals surface area (Å²) in [4.78, 5) is 54.4. The van der Waals surface area contributed by atoms with Crippen LogP contribution >= 0.6 is 74.5 Å². The van der Waals surface area contributed by atoms with Crippen molar-refractivity contribution < 1.29 is 43.2 Å². The molecule has 3 aromatic carbocycles. The van der Waals surface area contributed by atoms with Gasteiger partial charge in [-0.25, -0.2) is 24.6 Å². The lowest BCUT2D eigenvalue weighted by molar-refractivity contribution is -0.120. The van der Waals surface area contributed by atoms with Gasteiger partial charge in [-0.1, -0.05) is 70.0 Å². The van der Waals surface area contributed by atoms with Crippen molar-refractivity contribution in [3.8, 4) is 29.0 Å². The largest absolute Gasteiger partial charge is 0.508 e. The number of thiocarbonyl (C=S) groups is 1. The van der Waals surface area contributed by atoms with Crippen LogP contribution in [0.5, 0.6) is 29.0 Å². The first-order valence-corrected chi connectivity index (χ1v) is 45.4. The molecule has 0 bridgehead atoms. The van der Waals surface area contributed by atoms with Gasteiger partial charge in [0.2, 0.25) is 40.9 Å². The number of aliphatic hydroxyl groups excluding tert-OH is 1. The van der Waals surface area contributed by atoms with E-state index in [1.807, 2.05) is 44.8 Å². The minimum atomic E-state index is -0.151. The number of ether oxygens (including phenoxy) is 5. The molecule has 446 valence electrons. The zero-order valence-corrected chi connectivity index (χ0v) is 60.1. The van der Waals surface area contributed by atoms with Crippen molar-refractivity contribution in [3.63, 3.8) is 0 Å². The molecule has 35 heteroatoms. The average molecular weight is 1550 g/mol. The van der Waals surface area contributed by atoms with E-state index in [4.69, 9.17) is 106 Å². The summed E-state index contributed by atoms with van der Waals surface area (Å²) in [6.45, 7) is 14.9. The van der Waals surface area contributed by atoms with Crippen molar-refractivity contribution in [1.29, 1.82) is 0 Å². The number of aliphatic hydroxyl groups is 1. The van der Waals surface area contributed by atoms with E-state index < -0.39 is 0 Å². The molecule has 3 saturated heterocycles. The molecule has 3 aliphatic rings. The number of halogens is 2. The van der Waals surface area contributed by atoms with Crippen LogP contribution in [0, 0.1) is 13.1 Å². The van der Waals surface area contributed by atoms with Crippen molar-refractivity contribution in [2.45, 2.75) is 56.7 Å². The molecule has 6 aromatic rings. The van der Waals surface area contributed by atoms with Crippen molar-refractivity contribution in [3.05, 3.63) is 107 Å². The Labute approximate surface area is 550 Å². The van der Waals surface area contributed by atoms with Gasteiger partial charge in [0.25, 0.3) is 0 Å². The molecule has 3 atom stereocenters. The van der Waals surface area contributed by atoms with E-state index in [1.165, 1.54) is 30.1 Å². The monoisotopic (exact) mass is 1550 g/mol. The maximum atomic E-state index is 11.2. The number of rotatable bonds is 14. The Morgan fingerprint density at radius 2 is 1.13 bits per heavy atom. The van der Waals surface area contributed by atoms with E-state index in [2.05, 4.69) is 63.2 Å². The van der Waals surface area contributed by atoms with Crippen LogP contribution in [0.2, 0.25) is 5.15 Å². The summed E-state index contributed by atoms with van der Waals surface area (Å²) in [6.07, 6.45) is 8.92. The quantitative estimate of drug-likeness (QED) is 0.0171. The molecule has 0 saturated carbocycles. The second kappa shape index (κ2) is 41.0. The molecule has 6 N–H and O–H groups in total. The molecule has 3 aromatic heterocycles. The van der Waals surface area contributed by atoms with Gasteiger partial charge in [-0.3, -0.25) is 14.4 Å². The SMILES string of the molecule is CI.COc1cc2c(OC[C@@H]3CCC(=O)N3)nccc2cc1C(N)=S.O=C1CC[C@@H](CO)N1.S=PP(P=S)P=S=S=S=S=S=S=S=S.[C-]#[N+]c1cc2ccnc(Cl)c2cc1OC.[C-]#[N+]c1cc2ccnc(OC[C@@H]3CCC(=O)N3)c2cc1OC. The number of alkyl halides is 1. The summed E-state index contributed by atoms with van der Waals surface area (Å²) in [7, 11) is 19.8. The van der Waals surface area contributed by atoms with Crippen LogP contribution in [0.25, 0.3) is 42.0 Å². The third-order valence-corrected chi connectivity index (χ3v) is 45.6. The highest BCUT2D eigenvalue weighted by Gasteiger charge is 2.24. The Kier molecular flexibility index (Phi) is 35.7. The van der Waals surface area contributed by atoms with Gasteiger partial charge < -0.3 is 50.5 Å². The van der Waals surface area contributed by atoms with Crippen LogP contribution in [0.15, 0.2) is 73.2 Å². The normalized spacial score (nSPS) is 15.6. The summed E-state index contributed by atoms with van der Waals surface area (Å²) < 4.78 is 27.3.